The molecule has 0 aliphatic carbocycles. The summed E-state index contributed by atoms with van der Waals surface area (Å²) in [6, 6.07) is 33.1. The Morgan fingerprint density at radius 1 is 0.370 bits per heavy atom. The maximum atomic E-state index is 2.24. The molecule has 0 unspecified atom stereocenters. The monoisotopic (exact) mass is 348 g/mol. The molecule has 4 rings (SSSR count). The molecular formula is C27H24. The molecule has 4 aromatic rings. The van der Waals surface area contributed by atoms with Crippen LogP contribution in [0.25, 0.3) is 33.4 Å². The summed E-state index contributed by atoms with van der Waals surface area (Å²) in [7, 11) is 0. The molecule has 0 spiro atoms. The standard InChI is InChI=1S/C27H24/c1-19-7-13-22(14-8-19)25-5-4-6-26(23-15-9-20(2)10-16-23)27(25)24-17-11-21(3)12-18-24/h4-18H,1-3H3. The Bertz CT molecular complexity index is 987. The van der Waals surface area contributed by atoms with Gasteiger partial charge in [-0.2, -0.15) is 0 Å². The van der Waals surface area contributed by atoms with Crippen LogP contribution >= 0.6 is 0 Å². The van der Waals surface area contributed by atoms with Crippen LogP contribution in [-0.2, 0) is 0 Å². The quantitative estimate of drug-likeness (QED) is 0.357. The van der Waals surface area contributed by atoms with E-state index in [2.05, 4.69) is 112 Å². The zero-order valence-electron chi connectivity index (χ0n) is 16.2. The average Bonchev–Trinajstić information content (AvgIpc) is 2.69. The number of hydrogen-bond donors (Lipinski definition) is 0. The second-order valence-corrected chi connectivity index (χ2v) is 7.33. The lowest BCUT2D eigenvalue weighted by Gasteiger charge is -2.17. The van der Waals surface area contributed by atoms with Crippen molar-refractivity contribution in [2.45, 2.75) is 20.8 Å². The van der Waals surface area contributed by atoms with E-state index in [0.717, 1.165) is 0 Å². The highest BCUT2D eigenvalue weighted by atomic mass is 14.2. The first kappa shape index (κ1) is 17.3. The van der Waals surface area contributed by atoms with Crippen molar-refractivity contribution in [3.63, 3.8) is 0 Å². The van der Waals surface area contributed by atoms with Gasteiger partial charge in [0.15, 0.2) is 0 Å². The normalized spacial score (nSPS) is 10.8. The van der Waals surface area contributed by atoms with Crippen LogP contribution in [0, 0.1) is 20.8 Å². The summed E-state index contributed by atoms with van der Waals surface area (Å²) < 4.78 is 0. The molecule has 0 aromatic heterocycles. The summed E-state index contributed by atoms with van der Waals surface area (Å²) in [5.41, 5.74) is 11.5. The van der Waals surface area contributed by atoms with Gasteiger partial charge in [0, 0.05) is 0 Å². The lowest BCUT2D eigenvalue weighted by molar-refractivity contribution is 1.45. The van der Waals surface area contributed by atoms with Crippen molar-refractivity contribution < 1.29 is 0 Å². The summed E-state index contributed by atoms with van der Waals surface area (Å²) in [4.78, 5) is 0. The van der Waals surface area contributed by atoms with E-state index in [9.17, 15) is 0 Å². The van der Waals surface area contributed by atoms with Crippen molar-refractivity contribution in [2.24, 2.45) is 0 Å². The first-order chi connectivity index (χ1) is 13.1. The Morgan fingerprint density at radius 3 is 1.07 bits per heavy atom. The number of aryl methyl sites for hydroxylation is 3. The number of hydrogen-bond acceptors (Lipinski definition) is 0. The van der Waals surface area contributed by atoms with Gasteiger partial charge in [-0.15, -0.1) is 0 Å². The molecule has 132 valence electrons. The summed E-state index contributed by atoms with van der Waals surface area (Å²) in [6.45, 7) is 6.40. The van der Waals surface area contributed by atoms with Gasteiger partial charge in [0.25, 0.3) is 0 Å². The summed E-state index contributed by atoms with van der Waals surface area (Å²) >= 11 is 0. The highest BCUT2D eigenvalue weighted by Gasteiger charge is 2.14. The smallest absolute Gasteiger partial charge is 0.00268 e. The lowest BCUT2D eigenvalue weighted by atomic mass is 9.87. The molecule has 0 heteroatoms. The van der Waals surface area contributed by atoms with Gasteiger partial charge in [-0.3, -0.25) is 0 Å². The van der Waals surface area contributed by atoms with Crippen molar-refractivity contribution in [1.29, 1.82) is 0 Å². The highest BCUT2D eigenvalue weighted by Crippen LogP contribution is 2.40. The van der Waals surface area contributed by atoms with Crippen LogP contribution in [0.1, 0.15) is 16.7 Å². The Morgan fingerprint density at radius 2 is 0.704 bits per heavy atom. The zero-order valence-corrected chi connectivity index (χ0v) is 16.2. The molecule has 0 aliphatic heterocycles. The van der Waals surface area contributed by atoms with E-state index in [1.54, 1.807) is 0 Å². The van der Waals surface area contributed by atoms with Crippen LogP contribution < -0.4 is 0 Å². The van der Waals surface area contributed by atoms with Gasteiger partial charge in [-0.1, -0.05) is 108 Å². The second kappa shape index (κ2) is 7.25. The summed E-state index contributed by atoms with van der Waals surface area (Å²) in [5.74, 6) is 0. The molecule has 27 heavy (non-hydrogen) atoms. The predicted octanol–water partition coefficient (Wildman–Crippen LogP) is 7.61. The van der Waals surface area contributed by atoms with Gasteiger partial charge in [0.1, 0.15) is 0 Å². The van der Waals surface area contributed by atoms with Crippen LogP contribution in [0.2, 0.25) is 0 Å². The van der Waals surface area contributed by atoms with Gasteiger partial charge < -0.3 is 0 Å². The van der Waals surface area contributed by atoms with Crippen molar-refractivity contribution in [2.75, 3.05) is 0 Å². The molecule has 0 saturated carbocycles. The maximum Gasteiger partial charge on any atom is -0.00268 e. The molecule has 0 atom stereocenters. The third-order valence-corrected chi connectivity index (χ3v) is 5.13. The Kier molecular flexibility index (Phi) is 4.64. The third-order valence-electron chi connectivity index (χ3n) is 5.13. The van der Waals surface area contributed by atoms with Crippen molar-refractivity contribution in [3.8, 4) is 33.4 Å². The van der Waals surface area contributed by atoms with Gasteiger partial charge in [0.05, 0.1) is 0 Å². The number of rotatable bonds is 3. The van der Waals surface area contributed by atoms with Gasteiger partial charge in [0.2, 0.25) is 0 Å². The van der Waals surface area contributed by atoms with Crippen molar-refractivity contribution in [3.05, 3.63) is 108 Å². The molecule has 0 aliphatic rings. The molecule has 0 amide bonds. The lowest BCUT2D eigenvalue weighted by Crippen LogP contribution is -1.91. The summed E-state index contributed by atoms with van der Waals surface area (Å²) in [6.07, 6.45) is 0. The number of benzene rings is 4. The van der Waals surface area contributed by atoms with Crippen LogP contribution in [-0.4, -0.2) is 0 Å². The maximum absolute atomic E-state index is 2.24. The second-order valence-electron chi connectivity index (χ2n) is 7.33. The molecule has 0 fully saturated rings. The minimum atomic E-state index is 1.25. The van der Waals surface area contributed by atoms with E-state index in [1.807, 2.05) is 0 Å². The fourth-order valence-corrected chi connectivity index (χ4v) is 3.53. The molecule has 0 bridgehead atoms. The van der Waals surface area contributed by atoms with E-state index in [1.165, 1.54) is 50.1 Å². The van der Waals surface area contributed by atoms with E-state index in [0.29, 0.717) is 0 Å². The zero-order chi connectivity index (χ0) is 18.8. The Labute approximate surface area is 162 Å². The van der Waals surface area contributed by atoms with Crippen molar-refractivity contribution >= 4 is 0 Å². The molecular weight excluding hydrogens is 324 g/mol. The van der Waals surface area contributed by atoms with E-state index in [4.69, 9.17) is 0 Å². The van der Waals surface area contributed by atoms with E-state index >= 15 is 0 Å². The van der Waals surface area contributed by atoms with E-state index in [-0.39, 0.29) is 0 Å². The SMILES string of the molecule is Cc1ccc(-c2cccc(-c3ccc(C)cc3)c2-c2ccc(C)cc2)cc1. The van der Waals surface area contributed by atoms with Gasteiger partial charge >= 0.3 is 0 Å². The van der Waals surface area contributed by atoms with Gasteiger partial charge in [-0.05, 0) is 54.2 Å². The topological polar surface area (TPSA) is 0 Å². The average molecular weight is 348 g/mol. The van der Waals surface area contributed by atoms with Crippen LogP contribution in [0.5, 0.6) is 0 Å². The first-order valence-corrected chi connectivity index (χ1v) is 9.46. The highest BCUT2D eigenvalue weighted by molar-refractivity contribution is 5.94. The van der Waals surface area contributed by atoms with Crippen LogP contribution in [0.15, 0.2) is 91.0 Å². The molecule has 0 radical (unpaired) electrons. The van der Waals surface area contributed by atoms with Crippen molar-refractivity contribution in [1.82, 2.24) is 0 Å². The molecule has 0 nitrogen and oxygen atoms in total. The fourth-order valence-electron chi connectivity index (χ4n) is 3.53. The predicted molar refractivity (Wildman–Crippen MR) is 117 cm³/mol. The van der Waals surface area contributed by atoms with Crippen LogP contribution in [0.4, 0.5) is 0 Å². The molecule has 0 heterocycles. The third kappa shape index (κ3) is 3.57. The van der Waals surface area contributed by atoms with Gasteiger partial charge in [-0.25, -0.2) is 0 Å². The molecule has 0 saturated heterocycles. The largest absolute Gasteiger partial charge is 0.0610 e. The first-order valence-electron chi connectivity index (χ1n) is 9.46. The van der Waals surface area contributed by atoms with E-state index < -0.39 is 0 Å². The fraction of sp³-hybridized carbons (Fsp3) is 0.111. The minimum Gasteiger partial charge on any atom is -0.0610 e. The summed E-state index contributed by atoms with van der Waals surface area (Å²) in [5, 5.41) is 0. The Hall–Kier alpha value is -3.12. The molecule has 0 N–H and O–H groups in total. The minimum absolute atomic E-state index is 1.25. The van der Waals surface area contributed by atoms with Crippen LogP contribution in [0.3, 0.4) is 0 Å². The molecule has 4 aromatic carbocycles. The Balaban J connectivity index is 1.99.